The van der Waals surface area contributed by atoms with Gasteiger partial charge in [-0.2, -0.15) is 0 Å². The Bertz CT molecular complexity index is 545. The fraction of sp³-hybridized carbons (Fsp3) is 0.500. The number of nitrogens with two attached hydrogens (primary N) is 1. The molecule has 0 aromatic carbocycles. The van der Waals surface area contributed by atoms with Crippen molar-refractivity contribution in [2.24, 2.45) is 5.73 Å². The number of hydrogen-bond donors (Lipinski definition) is 2. The van der Waals surface area contributed by atoms with Crippen molar-refractivity contribution in [3.8, 4) is 11.8 Å². The van der Waals surface area contributed by atoms with Crippen LogP contribution < -0.4 is 5.73 Å². The van der Waals surface area contributed by atoms with Crippen LogP contribution in [0.25, 0.3) is 0 Å². The van der Waals surface area contributed by atoms with Crippen molar-refractivity contribution in [1.82, 2.24) is 9.88 Å². The van der Waals surface area contributed by atoms with E-state index in [1.165, 1.54) is 0 Å². The molecule has 5 nitrogen and oxygen atoms in total. The summed E-state index contributed by atoms with van der Waals surface area (Å²) in [6.07, 6.45) is 4.78. The molecule has 1 aromatic rings. The Kier molecular flexibility index (Phi) is 5.32. The Morgan fingerprint density at radius 2 is 2.24 bits per heavy atom. The number of hydrogen-bond acceptors (Lipinski definition) is 4. The maximum atomic E-state index is 12.4. The second-order valence-corrected chi connectivity index (χ2v) is 5.27. The second kappa shape index (κ2) is 7.21. The summed E-state index contributed by atoms with van der Waals surface area (Å²) in [5, 5.41) is 10.0. The summed E-state index contributed by atoms with van der Waals surface area (Å²) >= 11 is 0. The minimum atomic E-state index is -0.442. The highest BCUT2D eigenvalue weighted by Crippen LogP contribution is 2.23. The lowest BCUT2D eigenvalue weighted by molar-refractivity contribution is 0.0264. The fourth-order valence-electron chi connectivity index (χ4n) is 2.62. The van der Waals surface area contributed by atoms with Crippen molar-refractivity contribution in [2.45, 2.75) is 37.8 Å². The first-order chi connectivity index (χ1) is 10.1. The third-order valence-electron chi connectivity index (χ3n) is 3.83. The average molecular weight is 287 g/mol. The standard InChI is InChI=1S/C16H21N3O2/c1-19(14-6-2-3-7-15(14)20)16(21)13-9-8-12(11-18-13)5-4-10-17/h8-9,11,14-15,20H,2-3,6-7,10,17H2,1H3. The molecule has 21 heavy (non-hydrogen) atoms. The quantitative estimate of drug-likeness (QED) is 0.787. The third kappa shape index (κ3) is 3.81. The van der Waals surface area contributed by atoms with Gasteiger partial charge in [0.1, 0.15) is 5.69 Å². The highest BCUT2D eigenvalue weighted by atomic mass is 16.3. The van der Waals surface area contributed by atoms with E-state index in [2.05, 4.69) is 16.8 Å². The Balaban J connectivity index is 2.08. The van der Waals surface area contributed by atoms with Crippen LogP contribution >= 0.6 is 0 Å². The maximum Gasteiger partial charge on any atom is 0.272 e. The van der Waals surface area contributed by atoms with Crippen molar-refractivity contribution in [3.05, 3.63) is 29.6 Å². The van der Waals surface area contributed by atoms with E-state index in [0.717, 1.165) is 31.2 Å². The zero-order valence-electron chi connectivity index (χ0n) is 12.2. The van der Waals surface area contributed by atoms with Crippen LogP contribution in [0, 0.1) is 11.8 Å². The Labute approximate surface area is 125 Å². The molecular formula is C16H21N3O2. The summed E-state index contributed by atoms with van der Waals surface area (Å²) < 4.78 is 0. The number of pyridine rings is 1. The molecule has 1 heterocycles. The number of aliphatic hydroxyl groups is 1. The van der Waals surface area contributed by atoms with Gasteiger partial charge in [0.25, 0.3) is 5.91 Å². The number of amides is 1. The molecule has 0 radical (unpaired) electrons. The van der Waals surface area contributed by atoms with Crippen LogP contribution in [-0.4, -0.2) is 46.6 Å². The Morgan fingerprint density at radius 1 is 1.48 bits per heavy atom. The molecule has 112 valence electrons. The van der Waals surface area contributed by atoms with Crippen LogP contribution in [0.15, 0.2) is 18.3 Å². The second-order valence-electron chi connectivity index (χ2n) is 5.27. The molecule has 0 aliphatic heterocycles. The molecule has 0 spiro atoms. The van der Waals surface area contributed by atoms with Gasteiger partial charge in [-0.15, -0.1) is 0 Å². The molecule has 0 saturated heterocycles. The summed E-state index contributed by atoms with van der Waals surface area (Å²) in [5.41, 5.74) is 6.41. The first-order valence-electron chi connectivity index (χ1n) is 7.23. The molecule has 3 N–H and O–H groups in total. The SMILES string of the molecule is CN(C(=O)c1ccc(C#CCN)cn1)C1CCCCC1O. The zero-order chi connectivity index (χ0) is 15.2. The number of carbonyl (C=O) groups is 1. The van der Waals surface area contributed by atoms with Gasteiger partial charge in [0, 0.05) is 18.8 Å². The number of aromatic nitrogens is 1. The highest BCUT2D eigenvalue weighted by molar-refractivity contribution is 5.92. The van der Waals surface area contributed by atoms with Gasteiger partial charge in [0.15, 0.2) is 0 Å². The number of aliphatic hydroxyl groups excluding tert-OH is 1. The van der Waals surface area contributed by atoms with Crippen molar-refractivity contribution in [3.63, 3.8) is 0 Å². The van der Waals surface area contributed by atoms with Crippen LogP contribution in [0.4, 0.5) is 0 Å². The summed E-state index contributed by atoms with van der Waals surface area (Å²) in [4.78, 5) is 18.2. The lowest BCUT2D eigenvalue weighted by atomic mass is 9.91. The number of rotatable bonds is 2. The number of likely N-dealkylation sites (N-methyl/N-ethyl adjacent to an activating group) is 1. The summed E-state index contributed by atoms with van der Waals surface area (Å²) in [6.45, 7) is 0.295. The largest absolute Gasteiger partial charge is 0.391 e. The molecule has 2 atom stereocenters. The van der Waals surface area contributed by atoms with E-state index in [4.69, 9.17) is 5.73 Å². The molecule has 1 aliphatic carbocycles. The molecule has 1 saturated carbocycles. The minimum absolute atomic E-state index is 0.121. The predicted molar refractivity (Wildman–Crippen MR) is 80.5 cm³/mol. The van der Waals surface area contributed by atoms with Crippen LogP contribution in [0.3, 0.4) is 0 Å². The van der Waals surface area contributed by atoms with Crippen molar-refractivity contribution >= 4 is 5.91 Å². The van der Waals surface area contributed by atoms with Gasteiger partial charge < -0.3 is 15.7 Å². The van der Waals surface area contributed by atoms with Gasteiger partial charge in [-0.3, -0.25) is 4.79 Å². The summed E-state index contributed by atoms with van der Waals surface area (Å²) in [6, 6.07) is 3.30. The van der Waals surface area contributed by atoms with E-state index in [0.29, 0.717) is 12.2 Å². The smallest absolute Gasteiger partial charge is 0.272 e. The predicted octanol–water partition coefficient (Wildman–Crippen LogP) is 0.767. The zero-order valence-corrected chi connectivity index (χ0v) is 12.2. The molecule has 2 rings (SSSR count). The van der Waals surface area contributed by atoms with E-state index in [1.807, 2.05) is 0 Å². The normalized spacial score (nSPS) is 21.3. The van der Waals surface area contributed by atoms with Crippen molar-refractivity contribution in [1.29, 1.82) is 0 Å². The van der Waals surface area contributed by atoms with Crippen LogP contribution in [0.5, 0.6) is 0 Å². The van der Waals surface area contributed by atoms with Crippen LogP contribution in [-0.2, 0) is 0 Å². The van der Waals surface area contributed by atoms with Crippen molar-refractivity contribution < 1.29 is 9.90 Å². The minimum Gasteiger partial charge on any atom is -0.391 e. The maximum absolute atomic E-state index is 12.4. The van der Waals surface area contributed by atoms with Crippen LogP contribution in [0.2, 0.25) is 0 Å². The molecular weight excluding hydrogens is 266 g/mol. The van der Waals surface area contributed by atoms with E-state index in [9.17, 15) is 9.90 Å². The lowest BCUT2D eigenvalue weighted by Gasteiger charge is -2.35. The molecule has 0 bridgehead atoms. The summed E-state index contributed by atoms with van der Waals surface area (Å²) in [7, 11) is 1.73. The number of carbonyl (C=O) groups excluding carboxylic acids is 1. The van der Waals surface area contributed by atoms with Gasteiger partial charge >= 0.3 is 0 Å². The van der Waals surface area contributed by atoms with E-state index < -0.39 is 6.10 Å². The monoisotopic (exact) mass is 287 g/mol. The van der Waals surface area contributed by atoms with Gasteiger partial charge in [-0.05, 0) is 25.0 Å². The fourth-order valence-corrected chi connectivity index (χ4v) is 2.62. The van der Waals surface area contributed by atoms with E-state index >= 15 is 0 Å². The average Bonchev–Trinajstić information content (AvgIpc) is 2.52. The topological polar surface area (TPSA) is 79.5 Å². The van der Waals surface area contributed by atoms with E-state index in [1.54, 1.807) is 30.3 Å². The van der Waals surface area contributed by atoms with Gasteiger partial charge in [0.2, 0.25) is 0 Å². The lowest BCUT2D eigenvalue weighted by Crippen LogP contribution is -2.46. The van der Waals surface area contributed by atoms with Gasteiger partial charge in [-0.25, -0.2) is 4.98 Å². The van der Waals surface area contributed by atoms with E-state index in [-0.39, 0.29) is 11.9 Å². The van der Waals surface area contributed by atoms with Crippen LogP contribution in [0.1, 0.15) is 41.7 Å². The molecule has 1 fully saturated rings. The first kappa shape index (κ1) is 15.5. The number of nitrogens with zero attached hydrogens (tertiary/aromatic N) is 2. The molecule has 1 aliphatic rings. The molecule has 2 unspecified atom stereocenters. The Morgan fingerprint density at radius 3 is 2.86 bits per heavy atom. The van der Waals surface area contributed by atoms with Gasteiger partial charge in [-0.1, -0.05) is 24.7 Å². The Hall–Kier alpha value is -1.90. The molecule has 5 heteroatoms. The first-order valence-corrected chi connectivity index (χ1v) is 7.23. The van der Waals surface area contributed by atoms with Crippen molar-refractivity contribution in [2.75, 3.05) is 13.6 Å². The molecule has 1 amide bonds. The summed E-state index contributed by atoms with van der Waals surface area (Å²) in [5.74, 6) is 5.44. The highest BCUT2D eigenvalue weighted by Gasteiger charge is 2.30. The van der Waals surface area contributed by atoms with Gasteiger partial charge in [0.05, 0.1) is 18.7 Å². The third-order valence-corrected chi connectivity index (χ3v) is 3.83. The molecule has 1 aromatic heterocycles.